The molecule has 0 N–H and O–H groups in total. The minimum absolute atomic E-state index is 0.0303. The predicted octanol–water partition coefficient (Wildman–Crippen LogP) is 2.24. The van der Waals surface area contributed by atoms with Crippen LogP contribution in [-0.2, 0) is 20.8 Å². The summed E-state index contributed by atoms with van der Waals surface area (Å²) in [6.07, 6.45) is 3.46. The van der Waals surface area contributed by atoms with Gasteiger partial charge in [0.1, 0.15) is 17.6 Å². The van der Waals surface area contributed by atoms with Gasteiger partial charge in [-0.3, -0.25) is 4.79 Å². The van der Waals surface area contributed by atoms with Crippen molar-refractivity contribution in [1.29, 1.82) is 0 Å². The van der Waals surface area contributed by atoms with E-state index in [9.17, 15) is 4.79 Å². The van der Waals surface area contributed by atoms with E-state index in [1.54, 1.807) is 11.9 Å². The number of rotatable bonds is 6. The van der Waals surface area contributed by atoms with Crippen molar-refractivity contribution in [2.24, 2.45) is 0 Å². The van der Waals surface area contributed by atoms with Crippen molar-refractivity contribution < 1.29 is 14.3 Å². The number of amides is 1. The molecule has 1 unspecified atom stereocenters. The third kappa shape index (κ3) is 4.46. The molecule has 1 aliphatic heterocycles. The molecule has 2 heterocycles. The van der Waals surface area contributed by atoms with Crippen LogP contribution >= 0.6 is 11.7 Å². The van der Waals surface area contributed by atoms with Crippen LogP contribution in [0.3, 0.4) is 0 Å². The molecule has 23 heavy (non-hydrogen) atoms. The van der Waals surface area contributed by atoms with Crippen molar-refractivity contribution in [2.75, 3.05) is 26.9 Å². The van der Waals surface area contributed by atoms with Gasteiger partial charge >= 0.3 is 0 Å². The number of likely N-dealkylation sites (N-methyl/N-ethyl adjacent to an activating group) is 1. The first-order chi connectivity index (χ1) is 11.2. The van der Waals surface area contributed by atoms with Gasteiger partial charge in [0.25, 0.3) is 0 Å². The Balaban J connectivity index is 1.45. The fraction of sp³-hybridized carbons (Fsp3) is 0.562. The van der Waals surface area contributed by atoms with Crippen molar-refractivity contribution in [3.8, 4) is 0 Å². The van der Waals surface area contributed by atoms with Gasteiger partial charge in [-0.25, -0.2) is 0 Å². The summed E-state index contributed by atoms with van der Waals surface area (Å²) in [5.41, 5.74) is 2.80. The van der Waals surface area contributed by atoms with Crippen LogP contribution in [-0.4, -0.2) is 52.5 Å². The molecule has 0 bridgehead atoms. The molecular weight excluding hydrogens is 314 g/mol. The maximum absolute atomic E-state index is 12.1. The Kier molecular flexibility index (Phi) is 5.53. The summed E-state index contributed by atoms with van der Waals surface area (Å²) in [6, 6.07) is 5.88. The number of carbonyl (C=O) groups excluding carboxylic acids is 1. The molecule has 0 saturated carbocycles. The number of carbonyl (C=O) groups is 1. The lowest BCUT2D eigenvalue weighted by Crippen LogP contribution is -2.32. The summed E-state index contributed by atoms with van der Waals surface area (Å²) in [6.45, 7) is 1.93. The number of aromatic nitrogens is 2. The number of fused-ring (bicyclic) bond motifs is 1. The van der Waals surface area contributed by atoms with Gasteiger partial charge in [-0.2, -0.15) is 8.75 Å². The third-order valence-corrected chi connectivity index (χ3v) is 4.52. The number of nitrogens with zero attached hydrogens (tertiary/aromatic N) is 3. The molecule has 124 valence electrons. The number of benzene rings is 1. The van der Waals surface area contributed by atoms with Crippen LogP contribution in [0.2, 0.25) is 0 Å². The minimum Gasteiger partial charge on any atom is -0.376 e. The lowest BCUT2D eigenvalue weighted by atomic mass is 10.1. The Hall–Kier alpha value is -1.57. The summed E-state index contributed by atoms with van der Waals surface area (Å²) >= 11 is 1.20. The maximum Gasteiger partial charge on any atom is 0.248 e. The van der Waals surface area contributed by atoms with E-state index in [0.29, 0.717) is 13.2 Å². The fourth-order valence-corrected chi connectivity index (χ4v) is 3.13. The van der Waals surface area contributed by atoms with Crippen molar-refractivity contribution in [3.63, 3.8) is 0 Å². The molecule has 0 aliphatic carbocycles. The largest absolute Gasteiger partial charge is 0.376 e. The first-order valence-corrected chi connectivity index (χ1v) is 8.60. The SMILES string of the molecule is CN(Cc1ccc2nsnc2c1)C(=O)COCC1CCCCO1. The van der Waals surface area contributed by atoms with Gasteiger partial charge < -0.3 is 14.4 Å². The van der Waals surface area contributed by atoms with Gasteiger partial charge in [-0.15, -0.1) is 0 Å². The molecule has 3 rings (SSSR count). The average molecular weight is 335 g/mol. The molecule has 1 aromatic heterocycles. The molecule has 1 amide bonds. The quantitative estimate of drug-likeness (QED) is 0.810. The van der Waals surface area contributed by atoms with E-state index in [0.717, 1.165) is 36.0 Å². The smallest absolute Gasteiger partial charge is 0.248 e. The van der Waals surface area contributed by atoms with Gasteiger partial charge in [0, 0.05) is 20.2 Å². The molecule has 1 fully saturated rings. The highest BCUT2D eigenvalue weighted by molar-refractivity contribution is 7.00. The monoisotopic (exact) mass is 335 g/mol. The van der Waals surface area contributed by atoms with Crippen molar-refractivity contribution in [3.05, 3.63) is 23.8 Å². The van der Waals surface area contributed by atoms with Crippen LogP contribution in [0.1, 0.15) is 24.8 Å². The van der Waals surface area contributed by atoms with E-state index in [2.05, 4.69) is 8.75 Å². The third-order valence-electron chi connectivity index (χ3n) is 3.97. The lowest BCUT2D eigenvalue weighted by molar-refractivity contribution is -0.137. The summed E-state index contributed by atoms with van der Waals surface area (Å²) in [5, 5.41) is 0. The standard InChI is InChI=1S/C16H21N3O3S/c1-19(9-12-5-6-14-15(8-12)18-23-17-14)16(20)11-21-10-13-4-2-3-7-22-13/h5-6,8,13H,2-4,7,9-11H2,1H3. The Labute approximate surface area is 139 Å². The molecule has 6 nitrogen and oxygen atoms in total. The van der Waals surface area contributed by atoms with Crippen LogP contribution in [0, 0.1) is 0 Å². The van der Waals surface area contributed by atoms with Crippen LogP contribution < -0.4 is 0 Å². The molecule has 0 spiro atoms. The second kappa shape index (κ2) is 7.81. The van der Waals surface area contributed by atoms with Gasteiger partial charge in [-0.05, 0) is 37.0 Å². The fourth-order valence-electron chi connectivity index (χ4n) is 2.61. The number of ether oxygens (including phenoxy) is 2. The van der Waals surface area contributed by atoms with Crippen LogP contribution in [0.4, 0.5) is 0 Å². The Morgan fingerprint density at radius 1 is 1.39 bits per heavy atom. The topological polar surface area (TPSA) is 64.6 Å². The van der Waals surface area contributed by atoms with E-state index in [1.807, 2.05) is 18.2 Å². The van der Waals surface area contributed by atoms with E-state index in [-0.39, 0.29) is 18.6 Å². The zero-order valence-corrected chi connectivity index (χ0v) is 14.1. The van der Waals surface area contributed by atoms with E-state index in [4.69, 9.17) is 9.47 Å². The van der Waals surface area contributed by atoms with Gasteiger partial charge in [0.2, 0.25) is 5.91 Å². The van der Waals surface area contributed by atoms with Gasteiger partial charge in [0.05, 0.1) is 24.4 Å². The zero-order valence-electron chi connectivity index (χ0n) is 13.2. The summed E-state index contributed by atoms with van der Waals surface area (Å²) < 4.78 is 19.5. The van der Waals surface area contributed by atoms with Crippen molar-refractivity contribution in [1.82, 2.24) is 13.6 Å². The summed E-state index contributed by atoms with van der Waals surface area (Å²) in [7, 11) is 1.78. The molecular formula is C16H21N3O3S. The first kappa shape index (κ1) is 16.3. The van der Waals surface area contributed by atoms with Crippen molar-refractivity contribution in [2.45, 2.75) is 31.9 Å². The highest BCUT2D eigenvalue weighted by atomic mass is 32.1. The lowest BCUT2D eigenvalue weighted by Gasteiger charge is -2.23. The van der Waals surface area contributed by atoms with Gasteiger partial charge in [-0.1, -0.05) is 6.07 Å². The molecule has 1 atom stereocenters. The molecule has 7 heteroatoms. The normalized spacial score (nSPS) is 18.2. The number of hydrogen-bond donors (Lipinski definition) is 0. The maximum atomic E-state index is 12.1. The van der Waals surface area contributed by atoms with E-state index < -0.39 is 0 Å². The predicted molar refractivity (Wildman–Crippen MR) is 88.3 cm³/mol. The average Bonchev–Trinajstić information content (AvgIpc) is 3.03. The van der Waals surface area contributed by atoms with E-state index in [1.165, 1.54) is 18.1 Å². The Bertz CT molecular complexity index is 655. The van der Waals surface area contributed by atoms with Crippen LogP contribution in [0.15, 0.2) is 18.2 Å². The Morgan fingerprint density at radius 2 is 2.26 bits per heavy atom. The number of hydrogen-bond acceptors (Lipinski definition) is 6. The summed E-state index contributed by atoms with van der Waals surface area (Å²) in [5.74, 6) is -0.0303. The van der Waals surface area contributed by atoms with Gasteiger partial charge in [0.15, 0.2) is 0 Å². The zero-order chi connectivity index (χ0) is 16.1. The van der Waals surface area contributed by atoms with Crippen LogP contribution in [0.25, 0.3) is 11.0 Å². The minimum atomic E-state index is -0.0303. The highest BCUT2D eigenvalue weighted by Crippen LogP contribution is 2.15. The highest BCUT2D eigenvalue weighted by Gasteiger charge is 2.16. The second-order valence-electron chi connectivity index (χ2n) is 5.84. The molecule has 1 aromatic carbocycles. The molecule has 1 saturated heterocycles. The van der Waals surface area contributed by atoms with Crippen molar-refractivity contribution >= 4 is 28.7 Å². The first-order valence-electron chi connectivity index (χ1n) is 7.87. The molecule has 0 radical (unpaired) electrons. The summed E-state index contributed by atoms with van der Waals surface area (Å²) in [4.78, 5) is 13.8. The molecule has 1 aliphatic rings. The van der Waals surface area contributed by atoms with Crippen LogP contribution in [0.5, 0.6) is 0 Å². The Morgan fingerprint density at radius 3 is 3.09 bits per heavy atom. The van der Waals surface area contributed by atoms with E-state index >= 15 is 0 Å². The second-order valence-corrected chi connectivity index (χ2v) is 6.37. The molecule has 2 aromatic rings.